The van der Waals surface area contributed by atoms with E-state index >= 15 is 0 Å². The molecule has 0 unspecified atom stereocenters. The average Bonchev–Trinajstić information content (AvgIpc) is 2.40. The van der Waals surface area contributed by atoms with E-state index < -0.39 is 12.1 Å². The Labute approximate surface area is 113 Å². The second-order valence-corrected chi connectivity index (χ2v) is 4.50. The number of ether oxygens (including phenoxy) is 1. The molecule has 0 aliphatic carbocycles. The summed E-state index contributed by atoms with van der Waals surface area (Å²) >= 11 is 0. The monoisotopic (exact) mass is 264 g/mol. The lowest BCUT2D eigenvalue weighted by Gasteiger charge is -2.24. The third-order valence-electron chi connectivity index (χ3n) is 3.13. The molecular weight excluding hydrogens is 244 g/mol. The normalized spacial score (nSPS) is 12.1. The highest BCUT2D eigenvalue weighted by Gasteiger charge is 2.20. The molecule has 2 amide bonds. The Morgan fingerprint density at radius 2 is 2.00 bits per heavy atom. The van der Waals surface area contributed by atoms with Gasteiger partial charge in [-0.25, -0.2) is 4.79 Å². The van der Waals surface area contributed by atoms with Crippen LogP contribution in [0.1, 0.15) is 18.1 Å². The van der Waals surface area contributed by atoms with Crippen LogP contribution in [0.3, 0.4) is 0 Å². The molecule has 5 nitrogen and oxygen atoms in total. The highest BCUT2D eigenvalue weighted by Crippen LogP contribution is 2.11. The number of carbonyl (C=O) groups is 2. The lowest BCUT2D eigenvalue weighted by atomic mass is 10.1. The summed E-state index contributed by atoms with van der Waals surface area (Å²) in [5.74, 6) is -0.372. The van der Waals surface area contributed by atoms with Crippen molar-refractivity contribution < 1.29 is 14.3 Å². The van der Waals surface area contributed by atoms with Crippen LogP contribution in [0.5, 0.6) is 0 Å². The molecule has 0 fully saturated rings. The number of hydrogen-bond acceptors (Lipinski definition) is 4. The van der Waals surface area contributed by atoms with E-state index in [2.05, 4.69) is 10.1 Å². The molecule has 0 heterocycles. The second kappa shape index (κ2) is 6.89. The zero-order chi connectivity index (χ0) is 14.4. The van der Waals surface area contributed by atoms with Crippen molar-refractivity contribution in [2.24, 2.45) is 0 Å². The maximum atomic E-state index is 11.8. The summed E-state index contributed by atoms with van der Waals surface area (Å²) in [7, 11) is 3.07. The summed E-state index contributed by atoms with van der Waals surface area (Å²) < 4.78 is 4.40. The van der Waals surface area contributed by atoms with Crippen molar-refractivity contribution in [3.05, 3.63) is 35.4 Å². The van der Waals surface area contributed by atoms with Gasteiger partial charge in [-0.1, -0.05) is 24.3 Å². The first-order chi connectivity index (χ1) is 8.95. The number of nitrogens with zero attached hydrogens (tertiary/aromatic N) is 1. The van der Waals surface area contributed by atoms with Gasteiger partial charge >= 0.3 is 6.09 Å². The summed E-state index contributed by atoms with van der Waals surface area (Å²) in [5, 5.41) is 2.17. The van der Waals surface area contributed by atoms with Crippen LogP contribution in [0.2, 0.25) is 0 Å². The lowest BCUT2D eigenvalue weighted by molar-refractivity contribution is -0.124. The molecular formula is C14H20N2O3. The van der Waals surface area contributed by atoms with Gasteiger partial charge in [-0.3, -0.25) is 15.0 Å². The van der Waals surface area contributed by atoms with Crippen LogP contribution in [-0.2, 0) is 16.1 Å². The number of methoxy groups -OCH3 is 1. The number of alkyl carbamates (subject to hydrolysis) is 1. The van der Waals surface area contributed by atoms with E-state index in [0.717, 1.165) is 5.56 Å². The van der Waals surface area contributed by atoms with E-state index in [4.69, 9.17) is 0 Å². The largest absolute Gasteiger partial charge is 0.453 e. The van der Waals surface area contributed by atoms with Crippen LogP contribution in [-0.4, -0.2) is 37.1 Å². The van der Waals surface area contributed by atoms with Crippen LogP contribution in [0.25, 0.3) is 0 Å². The molecule has 0 radical (unpaired) electrons. The first-order valence-electron chi connectivity index (χ1n) is 6.09. The molecule has 0 aromatic heterocycles. The first-order valence-corrected chi connectivity index (χ1v) is 6.09. The van der Waals surface area contributed by atoms with Crippen molar-refractivity contribution in [2.75, 3.05) is 14.2 Å². The molecule has 104 valence electrons. The third kappa shape index (κ3) is 4.37. The van der Waals surface area contributed by atoms with Crippen LogP contribution in [0, 0.1) is 6.92 Å². The van der Waals surface area contributed by atoms with Gasteiger partial charge in [0.05, 0.1) is 13.2 Å². The van der Waals surface area contributed by atoms with E-state index in [1.54, 1.807) is 6.92 Å². The molecule has 5 heteroatoms. The second-order valence-electron chi connectivity index (χ2n) is 4.50. The molecule has 1 rings (SSSR count). The van der Waals surface area contributed by atoms with Crippen molar-refractivity contribution in [1.82, 2.24) is 10.2 Å². The Morgan fingerprint density at radius 1 is 1.37 bits per heavy atom. The highest BCUT2D eigenvalue weighted by molar-refractivity contribution is 5.94. The number of amides is 2. The average molecular weight is 264 g/mol. The standard InChI is InChI=1S/C14H20N2O3/c1-10-7-5-6-8-12(10)9-16(3)11(2)13(17)15-14(18)19-4/h5-8,11H,9H2,1-4H3,(H,15,17,18)/t11-/m1/s1. The van der Waals surface area contributed by atoms with E-state index in [1.807, 2.05) is 43.1 Å². The van der Waals surface area contributed by atoms with E-state index in [0.29, 0.717) is 6.54 Å². The van der Waals surface area contributed by atoms with Gasteiger partial charge in [0.1, 0.15) is 0 Å². The van der Waals surface area contributed by atoms with Gasteiger partial charge in [0, 0.05) is 6.54 Å². The Bertz CT molecular complexity index is 460. The Balaban J connectivity index is 2.62. The zero-order valence-electron chi connectivity index (χ0n) is 11.8. The molecule has 1 atom stereocenters. The van der Waals surface area contributed by atoms with Crippen molar-refractivity contribution in [2.45, 2.75) is 26.4 Å². The minimum absolute atomic E-state index is 0.372. The van der Waals surface area contributed by atoms with E-state index in [-0.39, 0.29) is 5.91 Å². The molecule has 1 N–H and O–H groups in total. The third-order valence-corrected chi connectivity index (χ3v) is 3.13. The molecule has 1 aromatic carbocycles. The summed E-state index contributed by atoms with van der Waals surface area (Å²) in [6.07, 6.45) is -0.735. The fourth-order valence-corrected chi connectivity index (χ4v) is 1.65. The number of likely N-dealkylation sites (N-methyl/N-ethyl adjacent to an activating group) is 1. The number of aryl methyl sites for hydroxylation is 1. The van der Waals surface area contributed by atoms with Gasteiger partial charge in [0.25, 0.3) is 0 Å². The predicted octanol–water partition coefficient (Wildman–Crippen LogP) is 1.70. The summed E-state index contributed by atoms with van der Waals surface area (Å²) in [6.45, 7) is 4.42. The molecule has 0 spiro atoms. The number of rotatable bonds is 4. The Hall–Kier alpha value is -1.88. The molecule has 0 saturated heterocycles. The zero-order valence-corrected chi connectivity index (χ0v) is 11.8. The van der Waals surface area contributed by atoms with Gasteiger partial charge in [-0.2, -0.15) is 0 Å². The summed E-state index contributed by atoms with van der Waals surface area (Å²) in [5.41, 5.74) is 2.33. The maximum Gasteiger partial charge on any atom is 0.413 e. The summed E-state index contributed by atoms with van der Waals surface area (Å²) in [4.78, 5) is 24.6. The van der Waals surface area contributed by atoms with Gasteiger partial charge < -0.3 is 4.74 Å². The van der Waals surface area contributed by atoms with Gasteiger partial charge in [-0.15, -0.1) is 0 Å². The van der Waals surface area contributed by atoms with Crippen LogP contribution in [0.15, 0.2) is 24.3 Å². The minimum Gasteiger partial charge on any atom is -0.453 e. The number of nitrogens with one attached hydrogen (secondary N) is 1. The van der Waals surface area contributed by atoms with Crippen molar-refractivity contribution in [3.63, 3.8) is 0 Å². The summed E-state index contributed by atoms with van der Waals surface area (Å²) in [6, 6.07) is 7.58. The minimum atomic E-state index is -0.735. The van der Waals surface area contributed by atoms with Crippen molar-refractivity contribution in [1.29, 1.82) is 0 Å². The van der Waals surface area contributed by atoms with Crippen molar-refractivity contribution in [3.8, 4) is 0 Å². The smallest absolute Gasteiger partial charge is 0.413 e. The molecule has 1 aromatic rings. The van der Waals surface area contributed by atoms with Gasteiger partial charge in [0.2, 0.25) is 5.91 Å². The molecule has 19 heavy (non-hydrogen) atoms. The van der Waals surface area contributed by atoms with Gasteiger partial charge in [-0.05, 0) is 32.0 Å². The quantitative estimate of drug-likeness (QED) is 0.899. The Morgan fingerprint density at radius 3 is 2.58 bits per heavy atom. The van der Waals surface area contributed by atoms with Crippen molar-refractivity contribution >= 4 is 12.0 Å². The number of carbonyl (C=O) groups excluding carboxylic acids is 2. The SMILES string of the molecule is COC(=O)NC(=O)[C@@H](C)N(C)Cc1ccccc1C. The molecule has 0 saturated carbocycles. The maximum absolute atomic E-state index is 11.8. The predicted molar refractivity (Wildman–Crippen MR) is 72.7 cm³/mol. The molecule has 0 bridgehead atoms. The van der Waals surface area contributed by atoms with Crippen LogP contribution >= 0.6 is 0 Å². The molecule has 0 aliphatic rings. The number of hydrogen-bond donors (Lipinski definition) is 1. The fraction of sp³-hybridized carbons (Fsp3) is 0.429. The fourth-order valence-electron chi connectivity index (χ4n) is 1.65. The van der Waals surface area contributed by atoms with Gasteiger partial charge in [0.15, 0.2) is 0 Å². The number of imide groups is 1. The lowest BCUT2D eigenvalue weighted by Crippen LogP contribution is -2.45. The molecule has 0 aliphatic heterocycles. The Kier molecular flexibility index (Phi) is 5.51. The van der Waals surface area contributed by atoms with E-state index in [9.17, 15) is 9.59 Å². The van der Waals surface area contributed by atoms with Crippen LogP contribution < -0.4 is 5.32 Å². The van der Waals surface area contributed by atoms with E-state index in [1.165, 1.54) is 12.7 Å². The first kappa shape index (κ1) is 15.2. The highest BCUT2D eigenvalue weighted by atomic mass is 16.5. The topological polar surface area (TPSA) is 58.6 Å². The number of benzene rings is 1. The van der Waals surface area contributed by atoms with Crippen LogP contribution in [0.4, 0.5) is 4.79 Å².